The lowest BCUT2D eigenvalue weighted by Crippen LogP contribution is -1.99. The first kappa shape index (κ1) is 16.7. The molecule has 4 rings (SSSR count). The number of aryl methyl sites for hydroxylation is 1. The third-order valence-corrected chi connectivity index (χ3v) is 5.79. The van der Waals surface area contributed by atoms with Gasteiger partial charge in [0.05, 0.1) is 5.56 Å². The maximum atomic E-state index is 9.51. The Morgan fingerprint density at radius 3 is 2.96 bits per heavy atom. The van der Waals surface area contributed by atoms with E-state index in [4.69, 9.17) is 16.0 Å². The Kier molecular flexibility index (Phi) is 4.38. The normalized spacial score (nSPS) is 13.9. The van der Waals surface area contributed by atoms with Crippen LogP contribution in [0.2, 0.25) is 5.02 Å². The number of halogens is 1. The van der Waals surface area contributed by atoms with Crippen LogP contribution in [0.15, 0.2) is 28.8 Å². The van der Waals surface area contributed by atoms with Crippen molar-refractivity contribution in [1.29, 1.82) is 10.5 Å². The molecule has 26 heavy (non-hydrogen) atoms. The number of allylic oxidation sites excluding steroid dienone is 1. The van der Waals surface area contributed by atoms with Crippen LogP contribution >= 0.6 is 22.9 Å². The van der Waals surface area contributed by atoms with E-state index < -0.39 is 0 Å². The summed E-state index contributed by atoms with van der Waals surface area (Å²) in [5.74, 6) is 0.220. The van der Waals surface area contributed by atoms with Gasteiger partial charge in [0.1, 0.15) is 28.2 Å². The first-order valence-electron chi connectivity index (χ1n) is 8.17. The molecular weight excluding hydrogens is 368 g/mol. The minimum absolute atomic E-state index is 0.220. The van der Waals surface area contributed by atoms with E-state index >= 15 is 0 Å². The van der Waals surface area contributed by atoms with Gasteiger partial charge in [0.25, 0.3) is 0 Å². The van der Waals surface area contributed by atoms with Gasteiger partial charge < -0.3 is 9.73 Å². The average molecular weight is 381 g/mol. The van der Waals surface area contributed by atoms with E-state index in [2.05, 4.69) is 22.4 Å². The summed E-state index contributed by atoms with van der Waals surface area (Å²) in [7, 11) is 0. The number of nitrogens with one attached hydrogen (secondary N) is 1. The summed E-state index contributed by atoms with van der Waals surface area (Å²) in [5.41, 5.74) is 3.25. The number of fused-ring (bicyclic) bond motifs is 2. The molecule has 1 aliphatic carbocycles. The number of rotatable bonds is 3. The third-order valence-electron chi connectivity index (χ3n) is 4.33. The minimum atomic E-state index is 0.220. The molecule has 1 aliphatic rings. The second-order valence-corrected chi connectivity index (χ2v) is 7.51. The molecule has 0 saturated heterocycles. The van der Waals surface area contributed by atoms with E-state index in [1.807, 2.05) is 0 Å². The summed E-state index contributed by atoms with van der Waals surface area (Å²) in [5, 5.41) is 23.4. The largest absolute Gasteiger partial charge is 0.435 e. The number of aromatic nitrogens is 1. The summed E-state index contributed by atoms with van der Waals surface area (Å²) in [4.78, 5) is 5.58. The lowest BCUT2D eigenvalue weighted by atomic mass is 9.96. The highest BCUT2D eigenvalue weighted by molar-refractivity contribution is 7.16. The van der Waals surface area contributed by atoms with Gasteiger partial charge in [-0.1, -0.05) is 11.6 Å². The molecule has 0 saturated carbocycles. The molecule has 0 unspecified atom stereocenters. The predicted molar refractivity (Wildman–Crippen MR) is 102 cm³/mol. The lowest BCUT2D eigenvalue weighted by molar-refractivity contribution is 0.586. The molecule has 5 nitrogen and oxygen atoms in total. The zero-order valence-corrected chi connectivity index (χ0v) is 15.2. The molecule has 0 aliphatic heterocycles. The molecule has 7 heteroatoms. The smallest absolute Gasteiger partial charge is 0.239 e. The molecule has 2 heterocycles. The van der Waals surface area contributed by atoms with Gasteiger partial charge in [0.15, 0.2) is 5.58 Å². The van der Waals surface area contributed by atoms with Gasteiger partial charge in [-0.2, -0.15) is 10.5 Å². The molecule has 0 radical (unpaired) electrons. The molecule has 0 fully saturated rings. The molecule has 128 valence electrons. The van der Waals surface area contributed by atoms with E-state index in [-0.39, 0.29) is 11.5 Å². The monoisotopic (exact) mass is 380 g/mol. The van der Waals surface area contributed by atoms with Gasteiger partial charge in [-0.3, -0.25) is 0 Å². The number of hydrogen-bond donors (Lipinski definition) is 1. The van der Waals surface area contributed by atoms with E-state index in [1.165, 1.54) is 4.88 Å². The molecule has 0 spiro atoms. The SMILES string of the molecule is N#C/C(=C/Nc1sc2c(c1C#N)CCCC2)c1nc2cc(Cl)ccc2o1. The lowest BCUT2D eigenvalue weighted by Gasteiger charge is -2.09. The van der Waals surface area contributed by atoms with Crippen molar-refractivity contribution >= 4 is 44.6 Å². The van der Waals surface area contributed by atoms with Crippen LogP contribution in [-0.4, -0.2) is 4.98 Å². The van der Waals surface area contributed by atoms with Crippen LogP contribution in [0.1, 0.15) is 34.7 Å². The molecule has 0 atom stereocenters. The topological polar surface area (TPSA) is 85.6 Å². The van der Waals surface area contributed by atoms with Crippen molar-refractivity contribution < 1.29 is 4.42 Å². The average Bonchev–Trinajstić information content (AvgIpc) is 3.22. The first-order valence-corrected chi connectivity index (χ1v) is 9.37. The number of nitrogens with zero attached hydrogens (tertiary/aromatic N) is 3. The number of oxazole rings is 1. The Hall–Kier alpha value is -2.80. The standard InChI is InChI=1S/C19H13ClN4OS/c20-12-5-6-16-15(7-12)24-18(25-16)11(8-21)10-23-19-14(9-22)13-3-1-2-4-17(13)26-19/h5-7,10,23H,1-4H2/b11-10-. The summed E-state index contributed by atoms with van der Waals surface area (Å²) < 4.78 is 5.64. The van der Waals surface area contributed by atoms with Gasteiger partial charge in [0.2, 0.25) is 5.89 Å². The van der Waals surface area contributed by atoms with E-state index in [1.54, 1.807) is 35.7 Å². The zero-order chi connectivity index (χ0) is 18.1. The van der Waals surface area contributed by atoms with Gasteiger partial charge in [0, 0.05) is 16.1 Å². The van der Waals surface area contributed by atoms with Gasteiger partial charge >= 0.3 is 0 Å². The third kappa shape index (κ3) is 2.94. The van der Waals surface area contributed by atoms with Gasteiger partial charge in [-0.15, -0.1) is 11.3 Å². The summed E-state index contributed by atoms with van der Waals surface area (Å²) in [6, 6.07) is 9.51. The predicted octanol–water partition coefficient (Wildman–Crippen LogP) is 5.27. The number of benzene rings is 1. The summed E-state index contributed by atoms with van der Waals surface area (Å²) >= 11 is 7.55. The Balaban J connectivity index is 1.67. The van der Waals surface area contributed by atoms with Crippen LogP contribution in [-0.2, 0) is 12.8 Å². The van der Waals surface area contributed by atoms with Crippen molar-refractivity contribution in [3.8, 4) is 12.1 Å². The van der Waals surface area contributed by atoms with Crippen molar-refractivity contribution in [3.63, 3.8) is 0 Å². The Morgan fingerprint density at radius 2 is 2.15 bits per heavy atom. The fourth-order valence-electron chi connectivity index (χ4n) is 3.08. The quantitative estimate of drug-likeness (QED) is 0.625. The second kappa shape index (κ2) is 6.84. The highest BCUT2D eigenvalue weighted by atomic mass is 35.5. The van der Waals surface area contributed by atoms with Gasteiger partial charge in [-0.25, -0.2) is 4.98 Å². The van der Waals surface area contributed by atoms with Crippen LogP contribution in [0.3, 0.4) is 0 Å². The fourth-order valence-corrected chi connectivity index (χ4v) is 4.46. The highest BCUT2D eigenvalue weighted by Crippen LogP contribution is 2.37. The highest BCUT2D eigenvalue weighted by Gasteiger charge is 2.20. The van der Waals surface area contributed by atoms with Crippen LogP contribution in [0, 0.1) is 22.7 Å². The molecule has 0 amide bonds. The van der Waals surface area contributed by atoms with E-state index in [0.717, 1.165) is 36.2 Å². The maximum Gasteiger partial charge on any atom is 0.239 e. The summed E-state index contributed by atoms with van der Waals surface area (Å²) in [6.07, 6.45) is 5.77. The fraction of sp³-hybridized carbons (Fsp3) is 0.211. The molecule has 2 aromatic heterocycles. The Bertz CT molecular complexity index is 1110. The molecular formula is C19H13ClN4OS. The number of anilines is 1. The van der Waals surface area contributed by atoms with Crippen LogP contribution < -0.4 is 5.32 Å². The van der Waals surface area contributed by atoms with Crippen LogP contribution in [0.4, 0.5) is 5.00 Å². The Morgan fingerprint density at radius 1 is 1.31 bits per heavy atom. The maximum absolute atomic E-state index is 9.51. The molecule has 1 aromatic carbocycles. The minimum Gasteiger partial charge on any atom is -0.435 e. The van der Waals surface area contributed by atoms with Crippen molar-refractivity contribution in [2.45, 2.75) is 25.7 Å². The number of thiophene rings is 1. The van der Waals surface area contributed by atoms with Gasteiger partial charge in [-0.05, 0) is 49.4 Å². The van der Waals surface area contributed by atoms with Crippen molar-refractivity contribution in [2.75, 3.05) is 5.32 Å². The molecule has 3 aromatic rings. The van der Waals surface area contributed by atoms with E-state index in [0.29, 0.717) is 21.7 Å². The zero-order valence-electron chi connectivity index (χ0n) is 13.7. The van der Waals surface area contributed by atoms with E-state index in [9.17, 15) is 10.5 Å². The van der Waals surface area contributed by atoms with Crippen molar-refractivity contribution in [3.05, 3.63) is 51.3 Å². The Labute approximate surface area is 159 Å². The first-order chi connectivity index (χ1) is 12.7. The number of hydrogen-bond acceptors (Lipinski definition) is 6. The van der Waals surface area contributed by atoms with Crippen molar-refractivity contribution in [2.24, 2.45) is 0 Å². The second-order valence-electron chi connectivity index (χ2n) is 5.97. The molecule has 1 N–H and O–H groups in total. The van der Waals surface area contributed by atoms with Crippen LogP contribution in [0.25, 0.3) is 16.7 Å². The number of nitriles is 2. The summed E-state index contributed by atoms with van der Waals surface area (Å²) in [6.45, 7) is 0. The van der Waals surface area contributed by atoms with Crippen molar-refractivity contribution in [1.82, 2.24) is 4.98 Å². The van der Waals surface area contributed by atoms with Crippen LogP contribution in [0.5, 0.6) is 0 Å². The molecule has 0 bridgehead atoms.